The smallest absolute Gasteiger partial charge is 0.336 e. The van der Waals surface area contributed by atoms with Crippen molar-refractivity contribution in [2.45, 2.75) is 31.6 Å². The molecular weight excluding hydrogens is 514 g/mol. The molecule has 0 bridgehead atoms. The molecule has 202 valence electrons. The van der Waals surface area contributed by atoms with Crippen molar-refractivity contribution < 1.29 is 28.5 Å². The van der Waals surface area contributed by atoms with E-state index in [1.54, 1.807) is 37.7 Å². The molecule has 0 saturated carbocycles. The van der Waals surface area contributed by atoms with Crippen molar-refractivity contribution in [2.24, 2.45) is 0 Å². The minimum absolute atomic E-state index is 0.00207. The van der Waals surface area contributed by atoms with Crippen LogP contribution in [0.1, 0.15) is 42.0 Å². The molecule has 2 heterocycles. The average Bonchev–Trinajstić information content (AvgIpc) is 3.50. The Morgan fingerprint density at radius 3 is 2.51 bits per heavy atom. The number of carbonyl (C=O) groups is 2. The van der Waals surface area contributed by atoms with Crippen LogP contribution >= 0.6 is 11.3 Å². The molecule has 1 aromatic heterocycles. The SMILES string of the molecule is COc1ccc(OC)c([C@H]2C(C(=O)OCCOc3ccccc3)=C(C)NC3=C2C(=O)C[C@H](c2cccs2)C3)c1. The van der Waals surface area contributed by atoms with Gasteiger partial charge in [0.1, 0.15) is 30.5 Å². The molecule has 39 heavy (non-hydrogen) atoms. The monoisotopic (exact) mass is 545 g/mol. The van der Waals surface area contributed by atoms with Gasteiger partial charge in [-0.3, -0.25) is 4.79 Å². The molecule has 2 atom stereocenters. The summed E-state index contributed by atoms with van der Waals surface area (Å²) in [6, 6.07) is 18.9. The number of ether oxygens (including phenoxy) is 4. The first-order valence-corrected chi connectivity index (χ1v) is 13.7. The minimum atomic E-state index is -0.661. The zero-order valence-electron chi connectivity index (χ0n) is 22.2. The molecule has 0 radical (unpaired) electrons. The molecule has 7 nitrogen and oxygen atoms in total. The maximum absolute atomic E-state index is 13.8. The minimum Gasteiger partial charge on any atom is -0.497 e. The summed E-state index contributed by atoms with van der Waals surface area (Å²) in [5.41, 5.74) is 3.12. The predicted molar refractivity (Wildman–Crippen MR) is 149 cm³/mol. The normalized spacial score (nSPS) is 18.8. The standard InChI is InChI=1S/C31H31NO6S/c1-19-28(31(34)38-14-13-37-21-8-5-4-6-9-21)29(23-18-22(35-2)11-12-26(23)36-3)30-24(32-19)16-20(17-25(30)33)27-10-7-15-39-27/h4-12,15,18,20,29,32H,13-14,16-17H2,1-3H3/t20-,29+/m1/s1. The van der Waals surface area contributed by atoms with E-state index < -0.39 is 11.9 Å². The quantitative estimate of drug-likeness (QED) is 0.271. The second-order valence-electron chi connectivity index (χ2n) is 9.44. The largest absolute Gasteiger partial charge is 0.497 e. The van der Waals surface area contributed by atoms with Crippen molar-refractivity contribution in [3.8, 4) is 17.2 Å². The van der Waals surface area contributed by atoms with Crippen LogP contribution in [-0.4, -0.2) is 39.2 Å². The molecule has 2 aromatic carbocycles. The van der Waals surface area contributed by atoms with Gasteiger partial charge >= 0.3 is 5.97 Å². The van der Waals surface area contributed by atoms with Crippen molar-refractivity contribution in [1.82, 2.24) is 5.32 Å². The van der Waals surface area contributed by atoms with Crippen LogP contribution in [0, 0.1) is 0 Å². The van der Waals surface area contributed by atoms with Gasteiger partial charge in [0.2, 0.25) is 0 Å². The Morgan fingerprint density at radius 2 is 1.79 bits per heavy atom. The third-order valence-corrected chi connectivity index (χ3v) is 8.10. The Morgan fingerprint density at radius 1 is 0.974 bits per heavy atom. The number of nitrogens with one attached hydrogen (secondary N) is 1. The van der Waals surface area contributed by atoms with Crippen molar-refractivity contribution in [1.29, 1.82) is 0 Å². The van der Waals surface area contributed by atoms with Gasteiger partial charge in [-0.25, -0.2) is 4.79 Å². The van der Waals surface area contributed by atoms with E-state index in [2.05, 4.69) is 11.4 Å². The van der Waals surface area contributed by atoms with Crippen LogP contribution in [0.4, 0.5) is 0 Å². The number of benzene rings is 2. The van der Waals surface area contributed by atoms with Gasteiger partial charge < -0.3 is 24.3 Å². The summed E-state index contributed by atoms with van der Waals surface area (Å²) in [5.74, 6) is 0.790. The van der Waals surface area contributed by atoms with Crippen molar-refractivity contribution in [3.63, 3.8) is 0 Å². The lowest BCUT2D eigenvalue weighted by atomic mass is 9.72. The highest BCUT2D eigenvalue weighted by Gasteiger charge is 2.42. The van der Waals surface area contributed by atoms with Crippen LogP contribution in [0.15, 0.2) is 88.6 Å². The summed E-state index contributed by atoms with van der Waals surface area (Å²) in [6.45, 7) is 2.12. The van der Waals surface area contributed by atoms with Gasteiger partial charge in [-0.2, -0.15) is 0 Å². The molecule has 0 saturated heterocycles. The van der Waals surface area contributed by atoms with Crippen LogP contribution in [-0.2, 0) is 14.3 Å². The number of carbonyl (C=O) groups excluding carboxylic acids is 2. The molecule has 1 aliphatic carbocycles. The number of allylic oxidation sites excluding steroid dienone is 3. The van der Waals surface area contributed by atoms with Crippen molar-refractivity contribution in [2.75, 3.05) is 27.4 Å². The Labute approximate surface area is 232 Å². The van der Waals surface area contributed by atoms with Gasteiger partial charge in [0.05, 0.1) is 25.7 Å². The molecule has 0 spiro atoms. The molecule has 5 rings (SSSR count). The first kappa shape index (κ1) is 26.6. The maximum atomic E-state index is 13.8. The van der Waals surface area contributed by atoms with E-state index in [4.69, 9.17) is 18.9 Å². The number of dihydropyridines is 1. The molecule has 2 aliphatic rings. The molecule has 0 amide bonds. The first-order valence-electron chi connectivity index (χ1n) is 12.8. The summed E-state index contributed by atoms with van der Waals surface area (Å²) >= 11 is 1.66. The number of hydrogen-bond donors (Lipinski definition) is 1. The average molecular weight is 546 g/mol. The number of para-hydroxylation sites is 1. The molecule has 0 unspecified atom stereocenters. The number of rotatable bonds is 9. The second kappa shape index (κ2) is 11.8. The number of esters is 1. The number of methoxy groups -OCH3 is 2. The zero-order valence-corrected chi connectivity index (χ0v) is 23.0. The highest BCUT2D eigenvalue weighted by atomic mass is 32.1. The van der Waals surface area contributed by atoms with E-state index in [1.807, 2.05) is 54.8 Å². The van der Waals surface area contributed by atoms with Gasteiger partial charge in [0.15, 0.2) is 5.78 Å². The van der Waals surface area contributed by atoms with Gasteiger partial charge in [-0.05, 0) is 55.1 Å². The van der Waals surface area contributed by atoms with E-state index in [0.29, 0.717) is 52.5 Å². The molecule has 1 aliphatic heterocycles. The van der Waals surface area contributed by atoms with E-state index >= 15 is 0 Å². The van der Waals surface area contributed by atoms with Crippen LogP contribution in [0.25, 0.3) is 0 Å². The van der Waals surface area contributed by atoms with Gasteiger partial charge in [0, 0.05) is 39.7 Å². The second-order valence-corrected chi connectivity index (χ2v) is 10.4. The van der Waals surface area contributed by atoms with E-state index in [-0.39, 0.29) is 24.9 Å². The number of Topliss-reactive ketones (excluding diaryl/α,β-unsaturated/α-hetero) is 1. The maximum Gasteiger partial charge on any atom is 0.336 e. The fraction of sp³-hybridized carbons (Fsp3) is 0.290. The van der Waals surface area contributed by atoms with Gasteiger partial charge in [-0.15, -0.1) is 11.3 Å². The third kappa shape index (κ3) is 5.56. The topological polar surface area (TPSA) is 83.1 Å². The van der Waals surface area contributed by atoms with E-state index in [9.17, 15) is 9.59 Å². The third-order valence-electron chi connectivity index (χ3n) is 7.07. The number of ketones is 1. The van der Waals surface area contributed by atoms with Crippen LogP contribution < -0.4 is 19.5 Å². The summed E-state index contributed by atoms with van der Waals surface area (Å²) in [7, 11) is 3.16. The summed E-state index contributed by atoms with van der Waals surface area (Å²) < 4.78 is 22.6. The van der Waals surface area contributed by atoms with E-state index in [0.717, 1.165) is 5.70 Å². The number of thiophene rings is 1. The number of hydrogen-bond acceptors (Lipinski definition) is 8. The van der Waals surface area contributed by atoms with Gasteiger partial charge in [0.25, 0.3) is 0 Å². The molecule has 0 fully saturated rings. The fourth-order valence-electron chi connectivity index (χ4n) is 5.30. The summed E-state index contributed by atoms with van der Waals surface area (Å²) in [4.78, 5) is 28.6. The van der Waals surface area contributed by atoms with Gasteiger partial charge in [-0.1, -0.05) is 24.3 Å². The summed E-state index contributed by atoms with van der Waals surface area (Å²) in [6.07, 6.45) is 1.05. The molecule has 3 aromatic rings. The zero-order chi connectivity index (χ0) is 27.4. The van der Waals surface area contributed by atoms with Crippen molar-refractivity contribution in [3.05, 3.63) is 99.0 Å². The van der Waals surface area contributed by atoms with Crippen molar-refractivity contribution >= 4 is 23.1 Å². The van der Waals surface area contributed by atoms with E-state index in [1.165, 1.54) is 4.88 Å². The Bertz CT molecular complexity index is 1410. The first-order chi connectivity index (χ1) is 19.0. The molecule has 8 heteroatoms. The Balaban J connectivity index is 1.48. The lowest BCUT2D eigenvalue weighted by Gasteiger charge is -2.36. The summed E-state index contributed by atoms with van der Waals surface area (Å²) in [5, 5.41) is 5.42. The predicted octanol–water partition coefficient (Wildman–Crippen LogP) is 5.75. The fourth-order valence-corrected chi connectivity index (χ4v) is 6.13. The highest BCUT2D eigenvalue weighted by molar-refractivity contribution is 7.10. The lowest BCUT2D eigenvalue weighted by Crippen LogP contribution is -2.36. The molecule has 1 N–H and O–H groups in total. The highest BCUT2D eigenvalue weighted by Crippen LogP contribution is 2.48. The Hall–Kier alpha value is -4.04. The van der Waals surface area contributed by atoms with Crippen LogP contribution in [0.5, 0.6) is 17.2 Å². The Kier molecular flexibility index (Phi) is 8.02. The van der Waals surface area contributed by atoms with Crippen LogP contribution in [0.2, 0.25) is 0 Å². The molecular formula is C31H31NO6S. The van der Waals surface area contributed by atoms with Crippen LogP contribution in [0.3, 0.4) is 0 Å². The lowest BCUT2D eigenvalue weighted by molar-refractivity contribution is -0.140.